The number of piperazine rings is 1. The summed E-state index contributed by atoms with van der Waals surface area (Å²) in [6, 6.07) is 7.95. The van der Waals surface area contributed by atoms with Crippen molar-refractivity contribution >= 4 is 18.1 Å². The van der Waals surface area contributed by atoms with Gasteiger partial charge in [0.25, 0.3) is 4.84 Å². The Hall–Kier alpha value is -2.23. The van der Waals surface area contributed by atoms with Crippen LogP contribution in [0.4, 0.5) is 0 Å². The molecule has 1 aliphatic heterocycles. The van der Waals surface area contributed by atoms with E-state index in [4.69, 9.17) is 21.4 Å². The third-order valence-electron chi connectivity index (χ3n) is 5.05. The van der Waals surface area contributed by atoms with Gasteiger partial charge in [0.15, 0.2) is 0 Å². The molecule has 1 aromatic carbocycles. The summed E-state index contributed by atoms with van der Waals surface area (Å²) in [6.45, 7) is 4.51. The molecule has 2 fully saturated rings. The average molecular weight is 404 g/mol. The molecular weight excluding hydrogens is 378 g/mol. The zero-order valence-electron chi connectivity index (χ0n) is 16.0. The lowest BCUT2D eigenvalue weighted by Crippen LogP contribution is -2.49. The fraction of sp³-hybridized carbons (Fsp3) is 0.526. The minimum absolute atomic E-state index is 0.138. The van der Waals surface area contributed by atoms with E-state index in [0.29, 0.717) is 30.0 Å². The standard InChI is InChI=1S/C19H25N5O3S/c1-26-16-6-2-14(3-7-16)18-21-24(19(28)27-18)13-23-10-8-22(9-11-23)12-17(25)20-15-4-5-15/h2-3,6-7,15H,4-5,8-13H2,1H3,(H,20,25). The Bertz CT molecular complexity index is 866. The molecule has 1 aromatic heterocycles. The molecule has 4 rings (SSSR count). The lowest BCUT2D eigenvalue weighted by molar-refractivity contribution is -0.122. The number of nitrogens with one attached hydrogen (secondary N) is 1. The third kappa shape index (κ3) is 4.78. The second kappa shape index (κ2) is 8.42. The number of hydrogen-bond acceptors (Lipinski definition) is 7. The number of nitrogens with zero attached hydrogens (tertiary/aromatic N) is 4. The number of rotatable bonds is 7. The van der Waals surface area contributed by atoms with Gasteiger partial charge in [-0.3, -0.25) is 14.6 Å². The van der Waals surface area contributed by atoms with Crippen molar-refractivity contribution in [1.82, 2.24) is 24.9 Å². The van der Waals surface area contributed by atoms with Gasteiger partial charge in [-0.05, 0) is 49.3 Å². The first-order valence-electron chi connectivity index (χ1n) is 9.57. The van der Waals surface area contributed by atoms with Crippen molar-refractivity contribution in [2.45, 2.75) is 25.6 Å². The van der Waals surface area contributed by atoms with Gasteiger partial charge in [-0.2, -0.15) is 0 Å². The maximum atomic E-state index is 11.9. The molecule has 150 valence electrons. The van der Waals surface area contributed by atoms with Crippen molar-refractivity contribution in [1.29, 1.82) is 0 Å². The number of amides is 1. The first-order valence-corrected chi connectivity index (χ1v) is 9.98. The van der Waals surface area contributed by atoms with Crippen LogP contribution < -0.4 is 10.1 Å². The van der Waals surface area contributed by atoms with Gasteiger partial charge in [-0.15, -0.1) is 5.10 Å². The minimum atomic E-state index is 0.138. The van der Waals surface area contributed by atoms with Crippen LogP contribution in [0.3, 0.4) is 0 Å². The molecule has 8 nitrogen and oxygen atoms in total. The van der Waals surface area contributed by atoms with Crippen LogP contribution in [-0.2, 0) is 11.5 Å². The summed E-state index contributed by atoms with van der Waals surface area (Å²) < 4.78 is 12.6. The largest absolute Gasteiger partial charge is 0.497 e. The van der Waals surface area contributed by atoms with Crippen molar-refractivity contribution < 1.29 is 13.9 Å². The molecule has 1 aliphatic carbocycles. The monoisotopic (exact) mass is 403 g/mol. The molecule has 1 saturated carbocycles. The summed E-state index contributed by atoms with van der Waals surface area (Å²) in [5, 5.41) is 7.57. The zero-order chi connectivity index (χ0) is 19.5. The van der Waals surface area contributed by atoms with Crippen molar-refractivity contribution in [3.05, 3.63) is 29.1 Å². The molecule has 28 heavy (non-hydrogen) atoms. The Kier molecular flexibility index (Phi) is 5.74. The van der Waals surface area contributed by atoms with Crippen molar-refractivity contribution in [3.8, 4) is 17.2 Å². The summed E-state index contributed by atoms with van der Waals surface area (Å²) in [5.41, 5.74) is 0.858. The summed E-state index contributed by atoms with van der Waals surface area (Å²) in [4.78, 5) is 16.8. The third-order valence-corrected chi connectivity index (χ3v) is 5.35. The van der Waals surface area contributed by atoms with Gasteiger partial charge in [0.1, 0.15) is 5.75 Å². The smallest absolute Gasteiger partial charge is 0.288 e. The van der Waals surface area contributed by atoms with E-state index in [-0.39, 0.29) is 5.91 Å². The van der Waals surface area contributed by atoms with Crippen molar-refractivity contribution in [2.75, 3.05) is 39.8 Å². The second-order valence-corrected chi connectivity index (χ2v) is 7.63. The molecule has 1 amide bonds. The molecule has 0 spiro atoms. The number of carbonyl (C=O) groups is 1. The summed E-state index contributed by atoms with van der Waals surface area (Å²) in [5.74, 6) is 1.42. The van der Waals surface area contributed by atoms with Crippen molar-refractivity contribution in [3.63, 3.8) is 0 Å². The molecule has 2 aromatic rings. The molecule has 0 radical (unpaired) electrons. The van der Waals surface area contributed by atoms with Gasteiger partial charge in [-0.25, -0.2) is 4.68 Å². The van der Waals surface area contributed by atoms with Gasteiger partial charge < -0.3 is 14.5 Å². The van der Waals surface area contributed by atoms with Gasteiger partial charge in [0, 0.05) is 37.8 Å². The number of carbonyl (C=O) groups excluding carboxylic acids is 1. The van der Waals surface area contributed by atoms with E-state index in [1.54, 1.807) is 11.8 Å². The molecule has 9 heteroatoms. The SMILES string of the molecule is COc1ccc(-c2nn(CN3CCN(CC(=O)NC4CC4)CC3)c(=S)o2)cc1. The Morgan fingerprint density at radius 2 is 1.89 bits per heavy atom. The highest BCUT2D eigenvalue weighted by atomic mass is 32.1. The molecule has 2 heterocycles. The highest BCUT2D eigenvalue weighted by Gasteiger charge is 2.25. The van der Waals surface area contributed by atoms with E-state index < -0.39 is 0 Å². The minimum Gasteiger partial charge on any atom is -0.497 e. The zero-order valence-corrected chi connectivity index (χ0v) is 16.8. The number of hydrogen-bond donors (Lipinski definition) is 1. The maximum absolute atomic E-state index is 11.9. The van der Waals surface area contributed by atoms with Crippen LogP contribution >= 0.6 is 12.2 Å². The van der Waals surface area contributed by atoms with Gasteiger partial charge in [0.2, 0.25) is 11.8 Å². The van der Waals surface area contributed by atoms with E-state index in [9.17, 15) is 4.79 Å². The lowest BCUT2D eigenvalue weighted by Gasteiger charge is -2.33. The van der Waals surface area contributed by atoms with Crippen LogP contribution in [0.15, 0.2) is 28.7 Å². The molecule has 1 N–H and O–H groups in total. The lowest BCUT2D eigenvalue weighted by atomic mass is 10.2. The predicted octanol–water partition coefficient (Wildman–Crippen LogP) is 1.73. The van der Waals surface area contributed by atoms with E-state index in [0.717, 1.165) is 50.3 Å². The Morgan fingerprint density at radius 1 is 1.21 bits per heavy atom. The van der Waals surface area contributed by atoms with Crippen molar-refractivity contribution in [2.24, 2.45) is 0 Å². The number of ether oxygens (including phenoxy) is 1. The molecule has 2 aliphatic rings. The Balaban J connectivity index is 1.30. The maximum Gasteiger partial charge on any atom is 0.288 e. The van der Waals surface area contributed by atoms with Crippen LogP contribution in [0, 0.1) is 4.84 Å². The molecule has 0 atom stereocenters. The normalized spacial score (nSPS) is 18.2. The Morgan fingerprint density at radius 3 is 2.54 bits per heavy atom. The van der Waals surface area contributed by atoms with Crippen LogP contribution in [0.1, 0.15) is 12.8 Å². The van der Waals surface area contributed by atoms with E-state index in [1.165, 1.54) is 0 Å². The van der Waals surface area contributed by atoms with E-state index in [1.807, 2.05) is 24.3 Å². The van der Waals surface area contributed by atoms with Crippen LogP contribution in [0.25, 0.3) is 11.5 Å². The fourth-order valence-electron chi connectivity index (χ4n) is 3.23. The topological polar surface area (TPSA) is 75.8 Å². The molecule has 0 bridgehead atoms. The highest BCUT2D eigenvalue weighted by molar-refractivity contribution is 7.71. The summed E-state index contributed by atoms with van der Waals surface area (Å²) in [6.07, 6.45) is 2.24. The molecule has 0 unspecified atom stereocenters. The van der Waals surface area contributed by atoms with Gasteiger partial charge >= 0.3 is 0 Å². The highest BCUT2D eigenvalue weighted by Crippen LogP contribution is 2.21. The van der Waals surface area contributed by atoms with E-state index >= 15 is 0 Å². The predicted molar refractivity (Wildman–Crippen MR) is 106 cm³/mol. The molecular formula is C19H25N5O3S. The summed E-state index contributed by atoms with van der Waals surface area (Å²) in [7, 11) is 1.63. The van der Waals surface area contributed by atoms with Crippen LogP contribution in [0.2, 0.25) is 0 Å². The summed E-state index contributed by atoms with van der Waals surface area (Å²) >= 11 is 5.34. The quantitative estimate of drug-likeness (QED) is 0.706. The van der Waals surface area contributed by atoms with Crippen LogP contribution in [-0.4, -0.2) is 71.4 Å². The molecule has 1 saturated heterocycles. The van der Waals surface area contributed by atoms with Crippen LogP contribution in [0.5, 0.6) is 5.75 Å². The number of benzene rings is 1. The fourth-order valence-corrected chi connectivity index (χ4v) is 3.41. The van der Waals surface area contributed by atoms with E-state index in [2.05, 4.69) is 20.2 Å². The first-order chi connectivity index (χ1) is 13.6. The second-order valence-electron chi connectivity index (χ2n) is 7.28. The first kappa shape index (κ1) is 19.1. The van der Waals surface area contributed by atoms with Gasteiger partial charge in [0.05, 0.1) is 20.3 Å². The number of methoxy groups -OCH3 is 1. The average Bonchev–Trinajstić information content (AvgIpc) is 3.44. The number of aromatic nitrogens is 2. The van der Waals surface area contributed by atoms with Gasteiger partial charge in [-0.1, -0.05) is 0 Å². The Labute approximate surface area is 169 Å².